The molecule has 228 valence electrons. The van der Waals surface area contributed by atoms with Crippen LogP contribution in [0.15, 0.2) is 54.9 Å². The minimum atomic E-state index is -2.82. The van der Waals surface area contributed by atoms with Gasteiger partial charge in [-0.05, 0) is 63.8 Å². The number of morpholine rings is 1. The van der Waals surface area contributed by atoms with Crippen molar-refractivity contribution in [1.82, 2.24) is 34.3 Å². The maximum atomic E-state index is 14.2. The number of imidazole rings is 1. The van der Waals surface area contributed by atoms with Crippen molar-refractivity contribution in [3.63, 3.8) is 0 Å². The Morgan fingerprint density at radius 1 is 1.02 bits per heavy atom. The largest absolute Gasteiger partial charge is 0.378 e. The van der Waals surface area contributed by atoms with Crippen molar-refractivity contribution in [2.24, 2.45) is 0 Å². The van der Waals surface area contributed by atoms with Crippen molar-refractivity contribution < 1.29 is 18.3 Å². The Balaban J connectivity index is 1.47. The maximum Gasteiger partial charge on any atom is 0.296 e. The van der Waals surface area contributed by atoms with Gasteiger partial charge in [0.1, 0.15) is 17.7 Å². The van der Waals surface area contributed by atoms with Crippen LogP contribution >= 0.6 is 0 Å². The zero-order chi connectivity index (χ0) is 30.3. The number of para-hydroxylation sites is 2. The molecule has 1 saturated heterocycles. The standard InChI is InChI=1S/C30H37F2N9O2/c1-21(29(42)40(14-6-13-38(2)3)20-22-9-11-33-12-10-22)34-30-36-25(39-15-17-43-18-16-39)19-26(37-30)41-24-8-5-4-7-23(24)35-28(41)27(31)32/h4-5,7-12,19,21,27H,6,13-18,20H2,1-3H3,(H,34,36,37)/t21-/m0/s1. The number of benzene rings is 1. The number of fused-ring (bicyclic) bond motifs is 1. The number of amides is 1. The average Bonchev–Trinajstić information content (AvgIpc) is 3.41. The molecule has 0 spiro atoms. The Morgan fingerprint density at radius 3 is 2.47 bits per heavy atom. The van der Waals surface area contributed by atoms with E-state index in [4.69, 9.17) is 9.72 Å². The van der Waals surface area contributed by atoms with E-state index in [1.54, 1.807) is 49.6 Å². The van der Waals surface area contributed by atoms with Crippen LogP contribution in [0.25, 0.3) is 16.9 Å². The van der Waals surface area contributed by atoms with E-state index in [0.717, 1.165) is 18.5 Å². The number of halogens is 2. The molecule has 4 heterocycles. The Labute approximate surface area is 249 Å². The van der Waals surface area contributed by atoms with Crippen molar-refractivity contribution in [2.75, 3.05) is 63.7 Å². The van der Waals surface area contributed by atoms with Crippen LogP contribution in [0.3, 0.4) is 0 Å². The van der Waals surface area contributed by atoms with E-state index in [1.165, 1.54) is 4.57 Å². The number of ether oxygens (including phenoxy) is 1. The average molecular weight is 594 g/mol. The third kappa shape index (κ3) is 7.41. The van der Waals surface area contributed by atoms with Crippen molar-refractivity contribution in [3.05, 3.63) is 66.2 Å². The number of anilines is 2. The molecule has 0 saturated carbocycles. The topological polar surface area (TPSA) is 105 Å². The molecule has 5 rings (SSSR count). The van der Waals surface area contributed by atoms with E-state index in [1.807, 2.05) is 36.0 Å². The van der Waals surface area contributed by atoms with Gasteiger partial charge in [0.25, 0.3) is 6.43 Å². The van der Waals surface area contributed by atoms with Gasteiger partial charge in [0.2, 0.25) is 11.9 Å². The van der Waals surface area contributed by atoms with Gasteiger partial charge in [-0.15, -0.1) is 0 Å². The van der Waals surface area contributed by atoms with Gasteiger partial charge in [-0.2, -0.15) is 9.97 Å². The lowest BCUT2D eigenvalue weighted by atomic mass is 10.2. The Bertz CT molecular complexity index is 1510. The van der Waals surface area contributed by atoms with Crippen LogP contribution in [-0.2, 0) is 16.1 Å². The molecule has 0 bridgehead atoms. The predicted octanol–water partition coefficient (Wildman–Crippen LogP) is 3.77. The molecule has 43 heavy (non-hydrogen) atoms. The Morgan fingerprint density at radius 2 is 1.74 bits per heavy atom. The Hall–Kier alpha value is -4.23. The van der Waals surface area contributed by atoms with Crippen LogP contribution < -0.4 is 10.2 Å². The van der Waals surface area contributed by atoms with Gasteiger partial charge in [0.15, 0.2) is 5.82 Å². The van der Waals surface area contributed by atoms with Crippen LogP contribution in [0, 0.1) is 0 Å². The normalized spacial score (nSPS) is 14.4. The number of alkyl halides is 2. The first-order valence-corrected chi connectivity index (χ1v) is 14.4. The van der Waals surface area contributed by atoms with Gasteiger partial charge < -0.3 is 24.8 Å². The predicted molar refractivity (Wildman–Crippen MR) is 161 cm³/mol. The highest BCUT2D eigenvalue weighted by Crippen LogP contribution is 2.29. The minimum Gasteiger partial charge on any atom is -0.378 e. The summed E-state index contributed by atoms with van der Waals surface area (Å²) in [7, 11) is 4.00. The van der Waals surface area contributed by atoms with Gasteiger partial charge >= 0.3 is 0 Å². The van der Waals surface area contributed by atoms with Crippen molar-refractivity contribution in [1.29, 1.82) is 0 Å². The number of rotatable bonds is 12. The van der Waals surface area contributed by atoms with E-state index in [2.05, 4.69) is 25.2 Å². The maximum absolute atomic E-state index is 14.2. The van der Waals surface area contributed by atoms with Crippen LogP contribution in [0.2, 0.25) is 0 Å². The number of nitrogens with one attached hydrogen (secondary N) is 1. The van der Waals surface area contributed by atoms with E-state index >= 15 is 0 Å². The second-order valence-corrected chi connectivity index (χ2v) is 10.7. The molecule has 0 unspecified atom stereocenters. The fourth-order valence-corrected chi connectivity index (χ4v) is 5.07. The molecule has 1 aliphatic heterocycles. The van der Waals surface area contributed by atoms with Gasteiger partial charge in [-0.25, -0.2) is 13.8 Å². The van der Waals surface area contributed by atoms with Gasteiger partial charge in [0.05, 0.1) is 24.2 Å². The molecule has 0 aliphatic carbocycles. The number of carbonyl (C=O) groups is 1. The highest BCUT2D eigenvalue weighted by molar-refractivity contribution is 5.84. The zero-order valence-corrected chi connectivity index (χ0v) is 24.7. The molecular formula is C30H37F2N9O2. The monoisotopic (exact) mass is 593 g/mol. The summed E-state index contributed by atoms with van der Waals surface area (Å²) >= 11 is 0. The molecule has 1 aliphatic rings. The summed E-state index contributed by atoms with van der Waals surface area (Å²) in [5.74, 6) is 0.413. The molecule has 13 heteroatoms. The van der Waals surface area contributed by atoms with Crippen molar-refractivity contribution in [3.8, 4) is 5.82 Å². The summed E-state index contributed by atoms with van der Waals surface area (Å²) < 4.78 is 35.3. The molecule has 4 aromatic rings. The number of nitrogens with zero attached hydrogens (tertiary/aromatic N) is 8. The molecule has 11 nitrogen and oxygen atoms in total. The highest BCUT2D eigenvalue weighted by atomic mass is 19.3. The molecule has 1 fully saturated rings. The summed E-state index contributed by atoms with van der Waals surface area (Å²) in [4.78, 5) is 37.3. The van der Waals surface area contributed by atoms with Crippen molar-refractivity contribution in [2.45, 2.75) is 32.4 Å². The zero-order valence-electron chi connectivity index (χ0n) is 24.7. The molecule has 1 aromatic carbocycles. The summed E-state index contributed by atoms with van der Waals surface area (Å²) in [6.07, 6.45) is 1.39. The minimum absolute atomic E-state index is 0.126. The number of carbonyl (C=O) groups excluding carboxylic acids is 1. The van der Waals surface area contributed by atoms with Crippen LogP contribution in [-0.4, -0.2) is 99.7 Å². The quantitative estimate of drug-likeness (QED) is 0.263. The van der Waals surface area contributed by atoms with Gasteiger partial charge in [-0.3, -0.25) is 14.3 Å². The fourth-order valence-electron chi connectivity index (χ4n) is 5.07. The first kappa shape index (κ1) is 30.2. The summed E-state index contributed by atoms with van der Waals surface area (Å²) in [6.45, 7) is 5.79. The summed E-state index contributed by atoms with van der Waals surface area (Å²) in [5, 5.41) is 3.17. The SMILES string of the molecule is C[C@H](Nc1nc(N2CCOCC2)cc(-n2c(C(F)F)nc3ccccc32)n1)C(=O)N(CCCN(C)C)Cc1ccncc1. The number of hydrogen-bond acceptors (Lipinski definition) is 9. The first-order chi connectivity index (χ1) is 20.8. The van der Waals surface area contributed by atoms with E-state index < -0.39 is 18.3 Å². The third-order valence-corrected chi connectivity index (χ3v) is 7.23. The highest BCUT2D eigenvalue weighted by Gasteiger charge is 2.26. The van der Waals surface area contributed by atoms with Gasteiger partial charge in [0, 0.05) is 44.6 Å². The van der Waals surface area contributed by atoms with E-state index in [-0.39, 0.29) is 17.7 Å². The smallest absolute Gasteiger partial charge is 0.296 e. The molecule has 3 aromatic heterocycles. The lowest BCUT2D eigenvalue weighted by Crippen LogP contribution is -2.42. The molecule has 1 amide bonds. The van der Waals surface area contributed by atoms with Gasteiger partial charge in [-0.1, -0.05) is 12.1 Å². The second-order valence-electron chi connectivity index (χ2n) is 10.7. The summed E-state index contributed by atoms with van der Waals surface area (Å²) in [5.41, 5.74) is 1.91. The molecule has 1 N–H and O–H groups in total. The van der Waals surface area contributed by atoms with E-state index in [0.29, 0.717) is 56.2 Å². The number of hydrogen-bond donors (Lipinski definition) is 1. The second kappa shape index (κ2) is 13.8. The van der Waals surface area contributed by atoms with Crippen LogP contribution in [0.4, 0.5) is 20.5 Å². The fraction of sp³-hybridized carbons (Fsp3) is 0.433. The lowest BCUT2D eigenvalue weighted by Gasteiger charge is -2.29. The van der Waals surface area contributed by atoms with E-state index in [9.17, 15) is 13.6 Å². The first-order valence-electron chi connectivity index (χ1n) is 14.4. The summed E-state index contributed by atoms with van der Waals surface area (Å²) in [6, 6.07) is 11.7. The van der Waals surface area contributed by atoms with Crippen LogP contribution in [0.5, 0.6) is 0 Å². The number of aromatic nitrogens is 5. The molecule has 1 atom stereocenters. The van der Waals surface area contributed by atoms with Crippen molar-refractivity contribution >= 4 is 28.7 Å². The molecular weight excluding hydrogens is 556 g/mol. The van der Waals surface area contributed by atoms with Crippen LogP contribution in [0.1, 0.15) is 31.2 Å². The molecule has 0 radical (unpaired) electrons. The Kier molecular flexibility index (Phi) is 9.72. The lowest BCUT2D eigenvalue weighted by molar-refractivity contribution is -0.132. The third-order valence-electron chi connectivity index (χ3n) is 7.23. The number of pyridine rings is 1.